The highest BCUT2D eigenvalue weighted by atomic mass is 19.1. The topological polar surface area (TPSA) is 97.4 Å². The van der Waals surface area contributed by atoms with Gasteiger partial charge in [-0.3, -0.25) is 9.59 Å². The predicted octanol–water partition coefficient (Wildman–Crippen LogP) is 2.83. The minimum atomic E-state index is -0.907. The second-order valence-electron chi connectivity index (χ2n) is 5.22. The largest absolute Gasteiger partial charge is 0.461 e. The third-order valence-electron chi connectivity index (χ3n) is 3.38. The number of nitrogens with zero attached hydrogens (tertiary/aromatic N) is 1. The average Bonchev–Trinajstić information content (AvgIpc) is 3.28. The highest BCUT2D eigenvalue weighted by Gasteiger charge is 2.21. The molecule has 8 heteroatoms. The summed E-state index contributed by atoms with van der Waals surface area (Å²) in [5, 5.41) is 8.52. The van der Waals surface area contributed by atoms with Crippen LogP contribution < -0.4 is 10.6 Å². The van der Waals surface area contributed by atoms with Crippen LogP contribution in [0, 0.1) is 5.82 Å². The van der Waals surface area contributed by atoms with Crippen molar-refractivity contribution in [3.63, 3.8) is 0 Å². The number of para-hydroxylation sites is 1. The Bertz CT molecular complexity index is 889. The molecule has 3 rings (SSSR count). The molecule has 0 spiro atoms. The van der Waals surface area contributed by atoms with Gasteiger partial charge in [-0.15, -0.1) is 0 Å². The summed E-state index contributed by atoms with van der Waals surface area (Å²) in [6.07, 6.45) is 1.47. The molecule has 1 aromatic carbocycles. The van der Waals surface area contributed by atoms with Crippen LogP contribution in [0.3, 0.4) is 0 Å². The molecule has 0 aliphatic heterocycles. The van der Waals surface area contributed by atoms with Crippen molar-refractivity contribution in [3.05, 3.63) is 60.2 Å². The van der Waals surface area contributed by atoms with Gasteiger partial charge in [-0.05, 0) is 31.2 Å². The quantitative estimate of drug-likeness (QED) is 0.742. The third-order valence-corrected chi connectivity index (χ3v) is 3.38. The monoisotopic (exact) mass is 343 g/mol. The second kappa shape index (κ2) is 7.00. The number of benzene rings is 1. The Balaban J connectivity index is 1.62. The van der Waals surface area contributed by atoms with Gasteiger partial charge in [0.15, 0.2) is 11.5 Å². The van der Waals surface area contributed by atoms with E-state index >= 15 is 0 Å². The van der Waals surface area contributed by atoms with Crippen molar-refractivity contribution in [1.29, 1.82) is 0 Å². The van der Waals surface area contributed by atoms with Gasteiger partial charge < -0.3 is 19.6 Å². The molecule has 0 fully saturated rings. The maximum Gasteiger partial charge on any atom is 0.274 e. The van der Waals surface area contributed by atoms with Crippen LogP contribution in [0.2, 0.25) is 0 Å². The van der Waals surface area contributed by atoms with E-state index in [-0.39, 0.29) is 11.4 Å². The van der Waals surface area contributed by atoms with E-state index in [1.807, 2.05) is 0 Å². The number of rotatable bonds is 5. The standard InChI is InChI=1S/C17H14FN3O4/c1-10(16(22)20-12-6-3-2-5-11(12)18)19-17(23)13-9-15(25-21-13)14-7-4-8-24-14/h2-10H,1H3,(H,19,23)(H,20,22). The van der Waals surface area contributed by atoms with Crippen LogP contribution in [0.25, 0.3) is 11.5 Å². The normalized spacial score (nSPS) is 11.8. The van der Waals surface area contributed by atoms with Gasteiger partial charge >= 0.3 is 0 Å². The molecule has 2 heterocycles. The van der Waals surface area contributed by atoms with Gasteiger partial charge in [0.1, 0.15) is 11.9 Å². The summed E-state index contributed by atoms with van der Waals surface area (Å²) in [5.41, 5.74) is 0.0343. The Kier molecular flexibility index (Phi) is 4.60. The minimum Gasteiger partial charge on any atom is -0.461 e. The van der Waals surface area contributed by atoms with Gasteiger partial charge in [-0.1, -0.05) is 17.3 Å². The average molecular weight is 343 g/mol. The van der Waals surface area contributed by atoms with Crippen LogP contribution >= 0.6 is 0 Å². The van der Waals surface area contributed by atoms with Gasteiger partial charge in [-0.2, -0.15) is 0 Å². The molecule has 0 aliphatic rings. The molecule has 128 valence electrons. The maximum atomic E-state index is 13.5. The first-order valence-corrected chi connectivity index (χ1v) is 7.41. The van der Waals surface area contributed by atoms with E-state index < -0.39 is 23.7 Å². The van der Waals surface area contributed by atoms with Crippen molar-refractivity contribution < 1.29 is 22.9 Å². The highest BCUT2D eigenvalue weighted by Crippen LogP contribution is 2.20. The molecule has 1 unspecified atom stereocenters. The fourth-order valence-electron chi connectivity index (χ4n) is 2.06. The summed E-state index contributed by atoms with van der Waals surface area (Å²) in [7, 11) is 0. The molecule has 7 nitrogen and oxygen atoms in total. The van der Waals surface area contributed by atoms with Gasteiger partial charge in [0.25, 0.3) is 5.91 Å². The number of aromatic nitrogens is 1. The number of carbonyl (C=O) groups is 2. The van der Waals surface area contributed by atoms with Crippen molar-refractivity contribution >= 4 is 17.5 Å². The van der Waals surface area contributed by atoms with Crippen LogP contribution in [0.5, 0.6) is 0 Å². The number of hydrogen-bond donors (Lipinski definition) is 2. The summed E-state index contributed by atoms with van der Waals surface area (Å²) in [4.78, 5) is 24.2. The van der Waals surface area contributed by atoms with Crippen LogP contribution in [-0.2, 0) is 4.79 Å². The Morgan fingerprint density at radius 2 is 1.96 bits per heavy atom. The Morgan fingerprint density at radius 1 is 1.16 bits per heavy atom. The number of furan rings is 1. The lowest BCUT2D eigenvalue weighted by Crippen LogP contribution is -2.41. The van der Waals surface area contributed by atoms with Crippen molar-refractivity contribution in [2.24, 2.45) is 0 Å². The number of halogens is 1. The Morgan fingerprint density at radius 3 is 2.68 bits per heavy atom. The van der Waals surface area contributed by atoms with Crippen LogP contribution in [0.4, 0.5) is 10.1 Å². The number of anilines is 1. The zero-order chi connectivity index (χ0) is 17.8. The van der Waals surface area contributed by atoms with Gasteiger partial charge in [-0.25, -0.2) is 4.39 Å². The number of nitrogens with one attached hydrogen (secondary N) is 2. The van der Waals surface area contributed by atoms with E-state index in [2.05, 4.69) is 15.8 Å². The first-order chi connectivity index (χ1) is 12.0. The summed E-state index contributed by atoms with van der Waals surface area (Å²) < 4.78 is 23.7. The van der Waals surface area contributed by atoms with Crippen LogP contribution in [-0.4, -0.2) is 23.0 Å². The van der Waals surface area contributed by atoms with Crippen LogP contribution in [0.15, 0.2) is 57.7 Å². The van der Waals surface area contributed by atoms with E-state index in [4.69, 9.17) is 8.94 Å². The molecule has 2 aromatic heterocycles. The molecular formula is C17H14FN3O4. The number of hydrogen-bond acceptors (Lipinski definition) is 5. The third kappa shape index (κ3) is 3.74. The summed E-state index contributed by atoms with van der Waals surface area (Å²) in [6, 6.07) is 9.58. The molecular weight excluding hydrogens is 329 g/mol. The molecule has 0 radical (unpaired) electrons. The van der Waals surface area contributed by atoms with E-state index in [1.165, 1.54) is 37.5 Å². The molecule has 1 atom stereocenters. The molecule has 25 heavy (non-hydrogen) atoms. The predicted molar refractivity (Wildman–Crippen MR) is 86.2 cm³/mol. The van der Waals surface area contributed by atoms with Gasteiger partial charge in [0.2, 0.25) is 11.7 Å². The van der Waals surface area contributed by atoms with Crippen molar-refractivity contribution in [3.8, 4) is 11.5 Å². The summed E-state index contributed by atoms with van der Waals surface area (Å²) in [6.45, 7) is 1.47. The van der Waals surface area contributed by atoms with E-state index in [0.29, 0.717) is 11.5 Å². The SMILES string of the molecule is CC(NC(=O)c1cc(-c2ccco2)on1)C(=O)Nc1ccccc1F. The molecule has 2 amide bonds. The number of carbonyl (C=O) groups excluding carboxylic acids is 2. The first-order valence-electron chi connectivity index (χ1n) is 7.41. The molecule has 2 N–H and O–H groups in total. The summed E-state index contributed by atoms with van der Waals surface area (Å²) in [5.74, 6) is -1.00. The van der Waals surface area contributed by atoms with Crippen molar-refractivity contribution in [2.75, 3.05) is 5.32 Å². The molecule has 0 aliphatic carbocycles. The second-order valence-corrected chi connectivity index (χ2v) is 5.22. The zero-order valence-electron chi connectivity index (χ0n) is 13.2. The fraction of sp³-hybridized carbons (Fsp3) is 0.118. The van der Waals surface area contributed by atoms with Crippen LogP contribution in [0.1, 0.15) is 17.4 Å². The maximum absolute atomic E-state index is 13.5. The summed E-state index contributed by atoms with van der Waals surface area (Å²) >= 11 is 0. The highest BCUT2D eigenvalue weighted by molar-refractivity contribution is 6.00. The lowest BCUT2D eigenvalue weighted by molar-refractivity contribution is -0.117. The van der Waals surface area contributed by atoms with Gasteiger partial charge in [0.05, 0.1) is 12.0 Å². The molecule has 3 aromatic rings. The van der Waals surface area contributed by atoms with Crippen molar-refractivity contribution in [2.45, 2.75) is 13.0 Å². The Hall–Kier alpha value is -3.42. The zero-order valence-corrected chi connectivity index (χ0v) is 13.2. The first kappa shape index (κ1) is 16.4. The van der Waals surface area contributed by atoms with Gasteiger partial charge in [0, 0.05) is 6.07 Å². The molecule has 0 saturated carbocycles. The molecule has 0 bridgehead atoms. The van der Waals surface area contributed by atoms with E-state index in [0.717, 1.165) is 0 Å². The lowest BCUT2D eigenvalue weighted by atomic mass is 10.2. The lowest BCUT2D eigenvalue weighted by Gasteiger charge is -2.13. The van der Waals surface area contributed by atoms with E-state index in [1.54, 1.807) is 18.2 Å². The fourth-order valence-corrected chi connectivity index (χ4v) is 2.06. The van der Waals surface area contributed by atoms with E-state index in [9.17, 15) is 14.0 Å². The number of amides is 2. The Labute approximate surface area is 141 Å². The minimum absolute atomic E-state index is 0.00283. The molecule has 0 saturated heterocycles. The van der Waals surface area contributed by atoms with Crippen molar-refractivity contribution in [1.82, 2.24) is 10.5 Å². The smallest absolute Gasteiger partial charge is 0.274 e.